The summed E-state index contributed by atoms with van der Waals surface area (Å²) in [4.78, 5) is 0. The van der Waals surface area contributed by atoms with E-state index in [1.165, 1.54) is 6.07 Å². The summed E-state index contributed by atoms with van der Waals surface area (Å²) in [5.41, 5.74) is 6.78. The van der Waals surface area contributed by atoms with Gasteiger partial charge in [-0.05, 0) is 36.0 Å². The monoisotopic (exact) mass is 287 g/mol. The summed E-state index contributed by atoms with van der Waals surface area (Å²) in [6, 6.07) is 5.15. The van der Waals surface area contributed by atoms with Crippen LogP contribution in [0.5, 0.6) is 0 Å². The molecule has 90 valence electrons. The molecule has 0 aliphatic heterocycles. The molecule has 0 radical (unpaired) electrons. The van der Waals surface area contributed by atoms with Crippen molar-refractivity contribution in [2.24, 2.45) is 17.6 Å². The Labute approximate surface area is 105 Å². The maximum atomic E-state index is 13.6. The molecule has 0 spiro atoms. The van der Waals surface area contributed by atoms with Crippen molar-refractivity contribution in [3.05, 3.63) is 34.1 Å². The summed E-state index contributed by atoms with van der Waals surface area (Å²) in [6.07, 6.45) is 0.596. The topological polar surface area (TPSA) is 26.0 Å². The van der Waals surface area contributed by atoms with Gasteiger partial charge in [-0.2, -0.15) is 0 Å². The second-order valence-electron chi connectivity index (χ2n) is 4.71. The van der Waals surface area contributed by atoms with E-state index in [2.05, 4.69) is 36.7 Å². The molecule has 16 heavy (non-hydrogen) atoms. The van der Waals surface area contributed by atoms with E-state index in [0.29, 0.717) is 23.8 Å². The molecule has 0 saturated carbocycles. The molecular formula is C13H19BrFN. The minimum atomic E-state index is -0.180. The molecule has 0 saturated heterocycles. The predicted octanol–water partition coefficient (Wildman–Crippen LogP) is 3.75. The van der Waals surface area contributed by atoms with Gasteiger partial charge in [0, 0.05) is 10.5 Å². The van der Waals surface area contributed by atoms with Gasteiger partial charge in [-0.15, -0.1) is 0 Å². The summed E-state index contributed by atoms with van der Waals surface area (Å²) >= 11 is 3.24. The minimum absolute atomic E-state index is 0.00988. The molecule has 0 fully saturated rings. The smallest absolute Gasteiger partial charge is 0.127 e. The van der Waals surface area contributed by atoms with Crippen LogP contribution >= 0.6 is 15.9 Å². The van der Waals surface area contributed by atoms with Gasteiger partial charge < -0.3 is 5.73 Å². The first-order valence-corrected chi connectivity index (χ1v) is 6.40. The molecule has 2 unspecified atom stereocenters. The van der Waals surface area contributed by atoms with Crippen LogP contribution in [0.15, 0.2) is 22.7 Å². The Hall–Kier alpha value is -0.410. The van der Waals surface area contributed by atoms with Crippen molar-refractivity contribution in [3.8, 4) is 0 Å². The Bertz CT molecular complexity index is 352. The molecule has 1 rings (SSSR count). The van der Waals surface area contributed by atoms with Crippen molar-refractivity contribution >= 4 is 15.9 Å². The first-order valence-electron chi connectivity index (χ1n) is 5.61. The van der Waals surface area contributed by atoms with E-state index in [-0.39, 0.29) is 11.9 Å². The quantitative estimate of drug-likeness (QED) is 0.897. The number of hydrogen-bond donors (Lipinski definition) is 1. The van der Waals surface area contributed by atoms with Gasteiger partial charge in [0.2, 0.25) is 0 Å². The fraction of sp³-hybridized carbons (Fsp3) is 0.538. The van der Waals surface area contributed by atoms with Crippen molar-refractivity contribution in [1.82, 2.24) is 0 Å². The molecule has 2 N–H and O–H groups in total. The largest absolute Gasteiger partial charge is 0.327 e. The molecule has 1 aromatic carbocycles. The van der Waals surface area contributed by atoms with Crippen molar-refractivity contribution in [2.45, 2.75) is 33.2 Å². The SMILES string of the molecule is CC(C)C(C)C(N)Cc1ccc(Br)cc1F. The van der Waals surface area contributed by atoms with Gasteiger partial charge in [0.25, 0.3) is 0 Å². The van der Waals surface area contributed by atoms with E-state index >= 15 is 0 Å². The fourth-order valence-electron chi connectivity index (χ4n) is 1.62. The van der Waals surface area contributed by atoms with Gasteiger partial charge in [-0.3, -0.25) is 0 Å². The highest BCUT2D eigenvalue weighted by Crippen LogP contribution is 2.20. The van der Waals surface area contributed by atoms with Crippen molar-refractivity contribution in [1.29, 1.82) is 0 Å². The molecule has 1 aromatic rings. The van der Waals surface area contributed by atoms with E-state index in [1.54, 1.807) is 6.07 Å². The Morgan fingerprint density at radius 1 is 1.31 bits per heavy atom. The highest BCUT2D eigenvalue weighted by molar-refractivity contribution is 9.10. The first kappa shape index (κ1) is 13.7. The lowest BCUT2D eigenvalue weighted by atomic mass is 9.87. The Morgan fingerprint density at radius 3 is 2.44 bits per heavy atom. The normalized spacial score (nSPS) is 15.2. The molecule has 2 atom stereocenters. The summed E-state index contributed by atoms with van der Waals surface area (Å²) < 4.78 is 14.4. The van der Waals surface area contributed by atoms with E-state index in [9.17, 15) is 4.39 Å². The lowest BCUT2D eigenvalue weighted by molar-refractivity contribution is 0.342. The maximum Gasteiger partial charge on any atom is 0.127 e. The Balaban J connectivity index is 2.73. The molecule has 0 aromatic heterocycles. The lowest BCUT2D eigenvalue weighted by Gasteiger charge is -2.23. The molecule has 0 aliphatic carbocycles. The van der Waals surface area contributed by atoms with Crippen molar-refractivity contribution in [2.75, 3.05) is 0 Å². The zero-order chi connectivity index (χ0) is 12.3. The molecular weight excluding hydrogens is 269 g/mol. The summed E-state index contributed by atoms with van der Waals surface area (Å²) in [5, 5.41) is 0. The van der Waals surface area contributed by atoms with Crippen molar-refractivity contribution in [3.63, 3.8) is 0 Å². The van der Waals surface area contributed by atoms with Gasteiger partial charge >= 0.3 is 0 Å². The average Bonchev–Trinajstić information content (AvgIpc) is 2.20. The second kappa shape index (κ2) is 5.78. The third-order valence-electron chi connectivity index (χ3n) is 3.20. The zero-order valence-corrected chi connectivity index (χ0v) is 11.6. The fourth-order valence-corrected chi connectivity index (χ4v) is 1.95. The zero-order valence-electron chi connectivity index (χ0n) is 10.0. The third kappa shape index (κ3) is 3.56. The minimum Gasteiger partial charge on any atom is -0.327 e. The van der Waals surface area contributed by atoms with E-state index in [1.807, 2.05) is 6.07 Å². The lowest BCUT2D eigenvalue weighted by Crippen LogP contribution is -2.33. The average molecular weight is 288 g/mol. The van der Waals surface area contributed by atoms with Crippen LogP contribution in [-0.2, 0) is 6.42 Å². The number of benzene rings is 1. The highest BCUT2D eigenvalue weighted by atomic mass is 79.9. The second-order valence-corrected chi connectivity index (χ2v) is 5.62. The van der Waals surface area contributed by atoms with Gasteiger partial charge in [0.15, 0.2) is 0 Å². The number of rotatable bonds is 4. The van der Waals surface area contributed by atoms with Crippen molar-refractivity contribution < 1.29 is 4.39 Å². The molecule has 0 aliphatic rings. The number of halogens is 2. The Kier molecular flexibility index (Phi) is 4.93. The first-order chi connectivity index (χ1) is 7.41. The van der Waals surface area contributed by atoms with Crippen LogP contribution in [-0.4, -0.2) is 6.04 Å². The molecule has 1 nitrogen and oxygen atoms in total. The summed E-state index contributed by atoms with van der Waals surface area (Å²) in [6.45, 7) is 6.40. The van der Waals surface area contributed by atoms with Crippen LogP contribution in [0, 0.1) is 17.7 Å². The molecule has 0 amide bonds. The van der Waals surface area contributed by atoms with Crippen LogP contribution < -0.4 is 5.73 Å². The third-order valence-corrected chi connectivity index (χ3v) is 3.69. The number of hydrogen-bond acceptors (Lipinski definition) is 1. The van der Waals surface area contributed by atoms with Gasteiger partial charge in [0.05, 0.1) is 0 Å². The molecule has 0 heterocycles. The van der Waals surface area contributed by atoms with E-state index in [4.69, 9.17) is 5.73 Å². The van der Waals surface area contributed by atoms with E-state index < -0.39 is 0 Å². The Morgan fingerprint density at radius 2 is 1.94 bits per heavy atom. The van der Waals surface area contributed by atoms with Crippen LogP contribution in [0.25, 0.3) is 0 Å². The van der Waals surface area contributed by atoms with E-state index in [0.717, 1.165) is 4.47 Å². The van der Waals surface area contributed by atoms with Crippen LogP contribution in [0.2, 0.25) is 0 Å². The molecule has 0 bridgehead atoms. The summed E-state index contributed by atoms with van der Waals surface area (Å²) in [7, 11) is 0. The van der Waals surface area contributed by atoms with Gasteiger partial charge in [0.1, 0.15) is 5.82 Å². The summed E-state index contributed by atoms with van der Waals surface area (Å²) in [5.74, 6) is 0.734. The van der Waals surface area contributed by atoms with Gasteiger partial charge in [-0.25, -0.2) is 4.39 Å². The molecule has 3 heteroatoms. The maximum absolute atomic E-state index is 13.6. The van der Waals surface area contributed by atoms with Crippen LogP contribution in [0.3, 0.4) is 0 Å². The van der Waals surface area contributed by atoms with Crippen LogP contribution in [0.4, 0.5) is 4.39 Å². The van der Waals surface area contributed by atoms with Crippen LogP contribution in [0.1, 0.15) is 26.3 Å². The standard InChI is InChI=1S/C13H19BrFN/c1-8(2)9(3)13(16)6-10-4-5-11(14)7-12(10)15/h4-5,7-9,13H,6,16H2,1-3H3. The highest BCUT2D eigenvalue weighted by Gasteiger charge is 2.18. The van der Waals surface area contributed by atoms with Gasteiger partial charge in [-0.1, -0.05) is 42.8 Å². The number of nitrogens with two attached hydrogens (primary N) is 1. The predicted molar refractivity (Wildman–Crippen MR) is 69.8 cm³/mol.